The summed E-state index contributed by atoms with van der Waals surface area (Å²) in [5.41, 5.74) is 1.28. The summed E-state index contributed by atoms with van der Waals surface area (Å²) < 4.78 is 0. The Bertz CT molecular complexity index is 335. The lowest BCUT2D eigenvalue weighted by Crippen LogP contribution is -1.71. The Hall–Kier alpha value is -0.670. The van der Waals surface area contributed by atoms with Crippen molar-refractivity contribution in [1.29, 1.82) is 0 Å². The van der Waals surface area contributed by atoms with Crippen LogP contribution in [-0.4, -0.2) is 4.98 Å². The highest BCUT2D eigenvalue weighted by Crippen LogP contribution is 2.28. The molecule has 0 fully saturated rings. The van der Waals surface area contributed by atoms with Crippen molar-refractivity contribution in [2.45, 2.75) is 6.92 Å². The van der Waals surface area contributed by atoms with E-state index in [9.17, 15) is 0 Å². The second-order valence-electron chi connectivity index (χ2n) is 2.23. The van der Waals surface area contributed by atoms with Crippen molar-refractivity contribution in [3.05, 3.63) is 27.9 Å². The molecule has 0 bridgehead atoms. The van der Waals surface area contributed by atoms with Crippen molar-refractivity contribution < 1.29 is 0 Å². The second-order valence-corrected chi connectivity index (χ2v) is 4.24. The minimum absolute atomic E-state index is 1.13. The predicted octanol–water partition coefficient (Wildman–Crippen LogP) is 3.18. The summed E-state index contributed by atoms with van der Waals surface area (Å²) in [5.74, 6) is 0. The van der Waals surface area contributed by atoms with E-state index >= 15 is 0 Å². The van der Waals surface area contributed by atoms with Crippen LogP contribution >= 0.6 is 22.7 Å². The van der Waals surface area contributed by atoms with Gasteiger partial charge in [-0.3, -0.25) is 0 Å². The summed E-state index contributed by atoms with van der Waals surface area (Å²) in [6.45, 7) is 2.13. The SMILES string of the molecule is Cc1sccc1-c1nccs1. The number of thiazole rings is 1. The highest BCUT2D eigenvalue weighted by molar-refractivity contribution is 7.14. The summed E-state index contributed by atoms with van der Waals surface area (Å²) >= 11 is 3.46. The summed E-state index contributed by atoms with van der Waals surface area (Å²) in [6, 6.07) is 2.12. The van der Waals surface area contributed by atoms with Crippen LogP contribution in [0.5, 0.6) is 0 Å². The van der Waals surface area contributed by atoms with E-state index in [4.69, 9.17) is 0 Å². The van der Waals surface area contributed by atoms with Gasteiger partial charge in [0.05, 0.1) is 0 Å². The van der Waals surface area contributed by atoms with E-state index < -0.39 is 0 Å². The zero-order chi connectivity index (χ0) is 7.68. The summed E-state index contributed by atoms with van der Waals surface area (Å²) in [4.78, 5) is 5.59. The fourth-order valence-electron chi connectivity index (χ4n) is 0.963. The standard InChI is InChI=1S/C8H7NS2/c1-6-7(2-4-10-6)8-9-3-5-11-8/h2-5H,1H3. The predicted molar refractivity (Wildman–Crippen MR) is 50.2 cm³/mol. The van der Waals surface area contributed by atoms with Crippen LogP contribution in [0.15, 0.2) is 23.0 Å². The largest absolute Gasteiger partial charge is 0.245 e. The van der Waals surface area contributed by atoms with Crippen molar-refractivity contribution in [2.24, 2.45) is 0 Å². The average Bonchev–Trinajstić information content (AvgIpc) is 2.55. The highest BCUT2D eigenvalue weighted by Gasteiger charge is 2.03. The van der Waals surface area contributed by atoms with E-state index in [0.29, 0.717) is 0 Å². The number of aromatic nitrogens is 1. The lowest BCUT2D eigenvalue weighted by atomic mass is 10.3. The number of nitrogens with zero attached hydrogens (tertiary/aromatic N) is 1. The van der Waals surface area contributed by atoms with Crippen LogP contribution < -0.4 is 0 Å². The van der Waals surface area contributed by atoms with Crippen molar-refractivity contribution in [3.63, 3.8) is 0 Å². The molecule has 0 N–H and O–H groups in total. The van der Waals surface area contributed by atoms with Crippen molar-refractivity contribution in [3.8, 4) is 10.6 Å². The molecule has 0 spiro atoms. The lowest BCUT2D eigenvalue weighted by Gasteiger charge is -1.90. The first kappa shape index (κ1) is 7.00. The fourth-order valence-corrected chi connectivity index (χ4v) is 2.45. The Balaban J connectivity index is 2.53. The quantitative estimate of drug-likeness (QED) is 0.658. The van der Waals surface area contributed by atoms with Gasteiger partial charge < -0.3 is 0 Å². The third-order valence-corrected chi connectivity index (χ3v) is 3.17. The minimum atomic E-state index is 1.13. The smallest absolute Gasteiger partial charge is 0.124 e. The Morgan fingerprint density at radius 1 is 1.27 bits per heavy atom. The first-order valence-corrected chi connectivity index (χ1v) is 5.08. The Morgan fingerprint density at radius 2 is 2.18 bits per heavy atom. The van der Waals surface area contributed by atoms with Gasteiger partial charge in [-0.05, 0) is 18.4 Å². The van der Waals surface area contributed by atoms with Gasteiger partial charge >= 0.3 is 0 Å². The average molecular weight is 181 g/mol. The van der Waals surface area contributed by atoms with Crippen LogP contribution in [-0.2, 0) is 0 Å². The van der Waals surface area contributed by atoms with Gasteiger partial charge in [-0.1, -0.05) is 0 Å². The number of aryl methyl sites for hydroxylation is 1. The molecule has 2 rings (SSSR count). The second kappa shape index (κ2) is 2.75. The van der Waals surface area contributed by atoms with Crippen LogP contribution in [0.3, 0.4) is 0 Å². The maximum atomic E-state index is 4.24. The monoisotopic (exact) mass is 181 g/mol. The van der Waals surface area contributed by atoms with Gasteiger partial charge in [0.15, 0.2) is 0 Å². The van der Waals surface area contributed by atoms with E-state index in [0.717, 1.165) is 5.01 Å². The lowest BCUT2D eigenvalue weighted by molar-refractivity contribution is 1.41. The molecule has 11 heavy (non-hydrogen) atoms. The maximum Gasteiger partial charge on any atom is 0.124 e. The van der Waals surface area contributed by atoms with E-state index in [1.165, 1.54) is 10.4 Å². The molecule has 2 heterocycles. The van der Waals surface area contributed by atoms with Gasteiger partial charge in [-0.25, -0.2) is 4.98 Å². The normalized spacial score (nSPS) is 10.3. The molecule has 0 aromatic carbocycles. The first-order valence-electron chi connectivity index (χ1n) is 3.32. The topological polar surface area (TPSA) is 12.9 Å². The molecule has 2 aromatic heterocycles. The number of rotatable bonds is 1. The van der Waals surface area contributed by atoms with Crippen LogP contribution in [0.4, 0.5) is 0 Å². The highest BCUT2D eigenvalue weighted by atomic mass is 32.1. The third-order valence-electron chi connectivity index (χ3n) is 1.52. The van der Waals surface area contributed by atoms with Gasteiger partial charge in [-0.2, -0.15) is 0 Å². The van der Waals surface area contributed by atoms with Crippen molar-refractivity contribution >= 4 is 22.7 Å². The molecule has 0 radical (unpaired) electrons. The van der Waals surface area contributed by atoms with Gasteiger partial charge in [0, 0.05) is 22.0 Å². The van der Waals surface area contributed by atoms with E-state index in [2.05, 4.69) is 23.4 Å². The van der Waals surface area contributed by atoms with Gasteiger partial charge in [0.25, 0.3) is 0 Å². The summed E-state index contributed by atoms with van der Waals surface area (Å²) in [5, 5.41) is 5.24. The molecule has 2 aromatic rings. The number of hydrogen-bond acceptors (Lipinski definition) is 3. The van der Waals surface area contributed by atoms with E-state index in [1.807, 2.05) is 11.6 Å². The van der Waals surface area contributed by atoms with Gasteiger partial charge in [0.1, 0.15) is 5.01 Å². The van der Waals surface area contributed by atoms with E-state index in [-0.39, 0.29) is 0 Å². The molecule has 0 saturated heterocycles. The zero-order valence-electron chi connectivity index (χ0n) is 6.07. The molecule has 0 amide bonds. The van der Waals surface area contributed by atoms with Crippen LogP contribution in [0.2, 0.25) is 0 Å². The van der Waals surface area contributed by atoms with E-state index in [1.54, 1.807) is 22.7 Å². The summed E-state index contributed by atoms with van der Waals surface area (Å²) in [7, 11) is 0. The molecule has 1 nitrogen and oxygen atoms in total. The van der Waals surface area contributed by atoms with Gasteiger partial charge in [0.2, 0.25) is 0 Å². The molecular weight excluding hydrogens is 174 g/mol. The zero-order valence-corrected chi connectivity index (χ0v) is 7.71. The van der Waals surface area contributed by atoms with Crippen LogP contribution in [0.1, 0.15) is 4.88 Å². The van der Waals surface area contributed by atoms with Crippen molar-refractivity contribution in [1.82, 2.24) is 4.98 Å². The number of thiophene rings is 1. The Labute approximate surface area is 73.4 Å². The first-order chi connectivity index (χ1) is 5.38. The van der Waals surface area contributed by atoms with Gasteiger partial charge in [-0.15, -0.1) is 22.7 Å². The number of hydrogen-bond donors (Lipinski definition) is 0. The van der Waals surface area contributed by atoms with Crippen LogP contribution in [0, 0.1) is 6.92 Å². The third kappa shape index (κ3) is 1.21. The molecule has 56 valence electrons. The Kier molecular flexibility index (Phi) is 1.75. The molecule has 0 unspecified atom stereocenters. The molecule has 0 aliphatic rings. The molecular formula is C8H7NS2. The molecule has 0 aliphatic carbocycles. The fraction of sp³-hybridized carbons (Fsp3) is 0.125. The van der Waals surface area contributed by atoms with Crippen molar-refractivity contribution in [2.75, 3.05) is 0 Å². The summed E-state index contributed by atoms with van der Waals surface area (Å²) in [6.07, 6.45) is 1.84. The Morgan fingerprint density at radius 3 is 2.73 bits per heavy atom. The molecule has 0 saturated carbocycles. The van der Waals surface area contributed by atoms with Crippen LogP contribution in [0.25, 0.3) is 10.6 Å². The molecule has 0 aliphatic heterocycles. The molecule has 0 atom stereocenters. The minimum Gasteiger partial charge on any atom is -0.245 e. The maximum absolute atomic E-state index is 4.24. The molecule has 3 heteroatoms.